The first-order valence-electron chi connectivity index (χ1n) is 6.68. The average molecular weight is 420 g/mol. The molecule has 0 bridgehead atoms. The number of ether oxygens (including phenoxy) is 2. The maximum Gasteiger partial charge on any atom is 0.335 e. The summed E-state index contributed by atoms with van der Waals surface area (Å²) in [5.74, 6) is -0.272. The zero-order valence-corrected chi connectivity index (χ0v) is 15.2. The van der Waals surface area contributed by atoms with Crippen LogP contribution in [0.5, 0.6) is 11.5 Å². The molecule has 0 fully saturated rings. The van der Waals surface area contributed by atoms with E-state index in [-0.39, 0.29) is 12.2 Å². The topological polar surface area (TPSA) is 55.8 Å². The standard InChI is InChI=1S/C16H13BrCl2O4/c1-2-22-14-6-10(16(20)21)5-12(17)15(14)23-8-9-3-4-11(18)7-13(9)19/h3-7H,2,8H2,1H3,(H,20,21). The molecule has 0 saturated heterocycles. The number of hydrogen-bond acceptors (Lipinski definition) is 3. The summed E-state index contributed by atoms with van der Waals surface area (Å²) < 4.78 is 11.7. The largest absolute Gasteiger partial charge is 0.490 e. The molecule has 0 unspecified atom stereocenters. The van der Waals surface area contributed by atoms with Gasteiger partial charge in [-0.15, -0.1) is 0 Å². The Morgan fingerprint density at radius 1 is 1.22 bits per heavy atom. The summed E-state index contributed by atoms with van der Waals surface area (Å²) in [6.07, 6.45) is 0. The molecule has 0 saturated carbocycles. The van der Waals surface area contributed by atoms with Gasteiger partial charge in [-0.25, -0.2) is 4.79 Å². The summed E-state index contributed by atoms with van der Waals surface area (Å²) in [6, 6.07) is 8.01. The van der Waals surface area contributed by atoms with Crippen molar-refractivity contribution in [2.24, 2.45) is 0 Å². The normalized spacial score (nSPS) is 10.4. The van der Waals surface area contributed by atoms with Gasteiger partial charge in [-0.05, 0) is 47.1 Å². The third-order valence-corrected chi connectivity index (χ3v) is 4.12. The van der Waals surface area contributed by atoms with Crippen LogP contribution in [0.3, 0.4) is 0 Å². The van der Waals surface area contributed by atoms with Crippen molar-refractivity contribution in [1.29, 1.82) is 0 Å². The van der Waals surface area contributed by atoms with E-state index in [0.717, 1.165) is 5.56 Å². The second kappa shape index (κ2) is 7.90. The van der Waals surface area contributed by atoms with Gasteiger partial charge in [0.2, 0.25) is 0 Å². The van der Waals surface area contributed by atoms with Crippen LogP contribution in [0.25, 0.3) is 0 Å². The second-order valence-electron chi connectivity index (χ2n) is 4.55. The third kappa shape index (κ3) is 4.53. The fourth-order valence-electron chi connectivity index (χ4n) is 1.88. The van der Waals surface area contributed by atoms with E-state index in [4.69, 9.17) is 37.8 Å². The quantitative estimate of drug-likeness (QED) is 0.677. The van der Waals surface area contributed by atoms with Crippen molar-refractivity contribution in [3.63, 3.8) is 0 Å². The van der Waals surface area contributed by atoms with Gasteiger partial charge in [0, 0.05) is 15.6 Å². The molecule has 0 heterocycles. The Labute approximate surface area is 152 Å². The Morgan fingerprint density at radius 2 is 1.96 bits per heavy atom. The van der Waals surface area contributed by atoms with Crippen molar-refractivity contribution in [3.05, 3.63) is 56.0 Å². The van der Waals surface area contributed by atoms with Gasteiger partial charge in [-0.2, -0.15) is 0 Å². The van der Waals surface area contributed by atoms with E-state index in [1.54, 1.807) is 25.1 Å². The van der Waals surface area contributed by atoms with Crippen LogP contribution in [-0.4, -0.2) is 17.7 Å². The van der Waals surface area contributed by atoms with Crippen LogP contribution in [0, 0.1) is 0 Å². The highest BCUT2D eigenvalue weighted by Crippen LogP contribution is 2.38. The zero-order valence-electron chi connectivity index (χ0n) is 12.1. The molecule has 0 spiro atoms. The molecule has 0 aliphatic rings. The lowest BCUT2D eigenvalue weighted by Gasteiger charge is -2.15. The Hall–Kier alpha value is -1.43. The van der Waals surface area contributed by atoms with Gasteiger partial charge < -0.3 is 14.6 Å². The Morgan fingerprint density at radius 3 is 2.57 bits per heavy atom. The molecule has 0 aliphatic heterocycles. The fourth-order valence-corrected chi connectivity index (χ4v) is 2.90. The summed E-state index contributed by atoms with van der Waals surface area (Å²) in [5, 5.41) is 10.2. The summed E-state index contributed by atoms with van der Waals surface area (Å²) in [5.41, 5.74) is 0.866. The first-order valence-corrected chi connectivity index (χ1v) is 8.23. The maximum atomic E-state index is 11.1. The van der Waals surface area contributed by atoms with Crippen LogP contribution >= 0.6 is 39.1 Å². The number of rotatable bonds is 6. The van der Waals surface area contributed by atoms with E-state index >= 15 is 0 Å². The first kappa shape index (κ1) is 17.9. The van der Waals surface area contributed by atoms with Gasteiger partial charge in [-0.3, -0.25) is 0 Å². The lowest BCUT2D eigenvalue weighted by Crippen LogP contribution is -2.04. The van der Waals surface area contributed by atoms with Crippen molar-refractivity contribution >= 4 is 45.1 Å². The number of carboxylic acid groups (broad SMARTS) is 1. The molecule has 0 atom stereocenters. The van der Waals surface area contributed by atoms with E-state index in [0.29, 0.717) is 32.6 Å². The van der Waals surface area contributed by atoms with Crippen LogP contribution in [0.15, 0.2) is 34.8 Å². The molecule has 0 radical (unpaired) electrons. The number of benzene rings is 2. The van der Waals surface area contributed by atoms with Crippen molar-refractivity contribution in [1.82, 2.24) is 0 Å². The summed E-state index contributed by atoms with van der Waals surface area (Å²) in [7, 11) is 0. The molecule has 1 N–H and O–H groups in total. The van der Waals surface area contributed by atoms with Gasteiger partial charge in [0.15, 0.2) is 11.5 Å². The molecule has 2 aromatic carbocycles. The predicted octanol–water partition coefficient (Wildman–Crippen LogP) is 5.43. The summed E-state index contributed by atoms with van der Waals surface area (Å²) in [4.78, 5) is 11.1. The Kier molecular flexibility index (Phi) is 6.16. The Balaban J connectivity index is 2.29. The smallest absolute Gasteiger partial charge is 0.335 e. The molecular weight excluding hydrogens is 407 g/mol. The van der Waals surface area contributed by atoms with Crippen LogP contribution in [0.1, 0.15) is 22.8 Å². The number of halogens is 3. The van der Waals surface area contributed by atoms with E-state index in [2.05, 4.69) is 15.9 Å². The van der Waals surface area contributed by atoms with Crippen molar-refractivity contribution in [2.45, 2.75) is 13.5 Å². The molecule has 7 heteroatoms. The number of aromatic carboxylic acids is 1. The van der Waals surface area contributed by atoms with Gasteiger partial charge >= 0.3 is 5.97 Å². The molecule has 23 heavy (non-hydrogen) atoms. The SMILES string of the molecule is CCOc1cc(C(=O)O)cc(Br)c1OCc1ccc(Cl)cc1Cl. The van der Waals surface area contributed by atoms with Crippen LogP contribution < -0.4 is 9.47 Å². The number of carboxylic acids is 1. The van der Waals surface area contributed by atoms with Crippen LogP contribution in [0.4, 0.5) is 0 Å². The fraction of sp³-hybridized carbons (Fsp3) is 0.188. The van der Waals surface area contributed by atoms with Crippen LogP contribution in [0.2, 0.25) is 10.0 Å². The van der Waals surface area contributed by atoms with Gasteiger partial charge in [-0.1, -0.05) is 29.3 Å². The molecule has 0 aliphatic carbocycles. The molecule has 2 rings (SSSR count). The molecule has 0 amide bonds. The molecule has 0 aromatic heterocycles. The number of hydrogen-bond donors (Lipinski definition) is 1. The highest BCUT2D eigenvalue weighted by Gasteiger charge is 2.16. The van der Waals surface area contributed by atoms with E-state index < -0.39 is 5.97 Å². The highest BCUT2D eigenvalue weighted by molar-refractivity contribution is 9.10. The van der Waals surface area contributed by atoms with Gasteiger partial charge in [0.25, 0.3) is 0 Å². The average Bonchev–Trinajstić information content (AvgIpc) is 2.48. The minimum absolute atomic E-state index is 0.109. The monoisotopic (exact) mass is 418 g/mol. The molecule has 2 aromatic rings. The summed E-state index contributed by atoms with van der Waals surface area (Å²) >= 11 is 15.3. The zero-order chi connectivity index (χ0) is 17.0. The maximum absolute atomic E-state index is 11.1. The van der Waals surface area contributed by atoms with E-state index in [1.165, 1.54) is 12.1 Å². The van der Waals surface area contributed by atoms with Crippen molar-refractivity contribution in [2.75, 3.05) is 6.61 Å². The van der Waals surface area contributed by atoms with Gasteiger partial charge in [0.05, 0.1) is 16.6 Å². The summed E-state index contributed by atoms with van der Waals surface area (Å²) in [6.45, 7) is 2.38. The van der Waals surface area contributed by atoms with Crippen LogP contribution in [-0.2, 0) is 6.61 Å². The van der Waals surface area contributed by atoms with Gasteiger partial charge in [0.1, 0.15) is 6.61 Å². The first-order chi connectivity index (χ1) is 10.9. The highest BCUT2D eigenvalue weighted by atomic mass is 79.9. The molecule has 4 nitrogen and oxygen atoms in total. The lowest BCUT2D eigenvalue weighted by atomic mass is 10.2. The Bertz CT molecular complexity index is 734. The minimum atomic E-state index is -1.04. The lowest BCUT2D eigenvalue weighted by molar-refractivity contribution is 0.0696. The number of carbonyl (C=O) groups is 1. The minimum Gasteiger partial charge on any atom is -0.490 e. The van der Waals surface area contributed by atoms with E-state index in [9.17, 15) is 4.79 Å². The predicted molar refractivity (Wildman–Crippen MR) is 93.1 cm³/mol. The molecule has 122 valence electrons. The van der Waals surface area contributed by atoms with Crippen molar-refractivity contribution < 1.29 is 19.4 Å². The van der Waals surface area contributed by atoms with E-state index in [1.807, 2.05) is 0 Å². The van der Waals surface area contributed by atoms with Crippen molar-refractivity contribution in [3.8, 4) is 11.5 Å². The second-order valence-corrected chi connectivity index (χ2v) is 6.25. The molecular formula is C16H13BrCl2O4. The third-order valence-electron chi connectivity index (χ3n) is 2.94.